The summed E-state index contributed by atoms with van der Waals surface area (Å²) in [5.41, 5.74) is 0.277. The molecule has 0 spiro atoms. The van der Waals surface area contributed by atoms with Gasteiger partial charge in [-0.25, -0.2) is 9.59 Å². The van der Waals surface area contributed by atoms with E-state index in [0.29, 0.717) is 32.4 Å². The smallest absolute Gasteiger partial charge is 0.408 e. The summed E-state index contributed by atoms with van der Waals surface area (Å²) < 4.78 is 10.5. The lowest BCUT2D eigenvalue weighted by molar-refractivity contribution is -0.123. The first-order valence-electron chi connectivity index (χ1n) is 12.9. The van der Waals surface area contributed by atoms with Crippen LogP contribution in [0, 0.1) is 0 Å². The Morgan fingerprint density at radius 3 is 2.14 bits per heavy atom. The highest BCUT2D eigenvalue weighted by Gasteiger charge is 2.23. The first-order valence-corrected chi connectivity index (χ1v) is 12.9. The molecule has 0 saturated heterocycles. The number of rotatable bonds is 16. The van der Waals surface area contributed by atoms with E-state index < -0.39 is 23.8 Å². The van der Waals surface area contributed by atoms with E-state index >= 15 is 0 Å². The predicted molar refractivity (Wildman–Crippen MR) is 138 cm³/mol. The topological polar surface area (TPSA) is 106 Å². The summed E-state index contributed by atoms with van der Waals surface area (Å²) in [7, 11) is 0. The van der Waals surface area contributed by atoms with Crippen molar-refractivity contribution in [2.75, 3.05) is 13.1 Å². The van der Waals surface area contributed by atoms with Crippen LogP contribution in [0.3, 0.4) is 0 Å². The molecule has 198 valence electrons. The van der Waals surface area contributed by atoms with Crippen LogP contribution in [0.4, 0.5) is 9.59 Å². The fraction of sp³-hybridized carbons (Fsp3) is 0.667. The molecule has 8 heteroatoms. The van der Waals surface area contributed by atoms with Crippen LogP contribution < -0.4 is 16.0 Å². The zero-order chi connectivity index (χ0) is 25.9. The average molecular weight is 492 g/mol. The van der Waals surface area contributed by atoms with Crippen LogP contribution in [0.1, 0.15) is 91.0 Å². The van der Waals surface area contributed by atoms with Crippen molar-refractivity contribution >= 4 is 18.1 Å². The van der Waals surface area contributed by atoms with E-state index in [1.54, 1.807) is 20.8 Å². The highest BCUT2D eigenvalue weighted by Crippen LogP contribution is 2.09. The Labute approximate surface area is 210 Å². The number of amides is 3. The van der Waals surface area contributed by atoms with Crippen LogP contribution in [0.15, 0.2) is 30.3 Å². The molecule has 3 N–H and O–H groups in total. The third kappa shape index (κ3) is 16.5. The number of ether oxygens (including phenoxy) is 2. The van der Waals surface area contributed by atoms with Crippen LogP contribution in [-0.2, 0) is 20.9 Å². The van der Waals surface area contributed by atoms with Crippen molar-refractivity contribution in [2.45, 2.75) is 104 Å². The van der Waals surface area contributed by atoms with Crippen molar-refractivity contribution in [3.63, 3.8) is 0 Å². The summed E-state index contributed by atoms with van der Waals surface area (Å²) in [5, 5.41) is 8.35. The lowest BCUT2D eigenvalue weighted by Gasteiger charge is -2.23. The second kappa shape index (κ2) is 17.6. The van der Waals surface area contributed by atoms with Gasteiger partial charge in [-0.1, -0.05) is 69.4 Å². The monoisotopic (exact) mass is 491 g/mol. The summed E-state index contributed by atoms with van der Waals surface area (Å²) >= 11 is 0. The van der Waals surface area contributed by atoms with E-state index in [1.165, 1.54) is 25.7 Å². The fourth-order valence-electron chi connectivity index (χ4n) is 3.40. The number of hydrogen-bond acceptors (Lipinski definition) is 5. The summed E-state index contributed by atoms with van der Waals surface area (Å²) in [6, 6.07) is 8.79. The minimum absolute atomic E-state index is 0.209. The molecule has 1 aromatic carbocycles. The first kappa shape index (κ1) is 30.3. The van der Waals surface area contributed by atoms with E-state index in [0.717, 1.165) is 18.4 Å². The molecule has 0 saturated carbocycles. The number of alkyl carbamates (subject to hydrolysis) is 2. The molecule has 0 fully saturated rings. The predicted octanol–water partition coefficient (Wildman–Crippen LogP) is 5.45. The van der Waals surface area contributed by atoms with E-state index in [1.807, 2.05) is 30.3 Å². The van der Waals surface area contributed by atoms with Gasteiger partial charge in [0.05, 0.1) is 0 Å². The quantitative estimate of drug-likeness (QED) is 0.267. The van der Waals surface area contributed by atoms with Gasteiger partial charge in [0.2, 0.25) is 5.91 Å². The zero-order valence-corrected chi connectivity index (χ0v) is 22.0. The Balaban J connectivity index is 2.36. The molecular formula is C27H45N3O5. The van der Waals surface area contributed by atoms with Gasteiger partial charge in [-0.2, -0.15) is 0 Å². The van der Waals surface area contributed by atoms with Crippen molar-refractivity contribution in [3.05, 3.63) is 35.9 Å². The number of benzene rings is 1. The van der Waals surface area contributed by atoms with Gasteiger partial charge in [-0.3, -0.25) is 4.79 Å². The minimum atomic E-state index is -0.685. The van der Waals surface area contributed by atoms with Crippen molar-refractivity contribution in [1.82, 2.24) is 16.0 Å². The largest absolute Gasteiger partial charge is 0.445 e. The van der Waals surface area contributed by atoms with E-state index in [9.17, 15) is 14.4 Å². The molecule has 8 nitrogen and oxygen atoms in total. The van der Waals surface area contributed by atoms with Crippen molar-refractivity contribution in [3.8, 4) is 0 Å². The van der Waals surface area contributed by atoms with Crippen LogP contribution in [0.25, 0.3) is 0 Å². The molecule has 0 aromatic heterocycles. The maximum atomic E-state index is 12.7. The van der Waals surface area contributed by atoms with Gasteiger partial charge in [-0.15, -0.1) is 0 Å². The number of hydrogen-bond donors (Lipinski definition) is 3. The summed E-state index contributed by atoms with van der Waals surface area (Å²) in [6.07, 6.45) is 7.50. The molecule has 35 heavy (non-hydrogen) atoms. The summed E-state index contributed by atoms with van der Waals surface area (Å²) in [6.45, 7) is 8.76. The average Bonchev–Trinajstić information content (AvgIpc) is 2.80. The van der Waals surface area contributed by atoms with Gasteiger partial charge < -0.3 is 25.4 Å². The molecule has 0 aliphatic carbocycles. The van der Waals surface area contributed by atoms with Gasteiger partial charge in [0.25, 0.3) is 0 Å². The van der Waals surface area contributed by atoms with Gasteiger partial charge in [0, 0.05) is 13.1 Å². The molecule has 0 unspecified atom stereocenters. The second-order valence-electron chi connectivity index (χ2n) is 9.74. The van der Waals surface area contributed by atoms with Crippen molar-refractivity contribution in [2.24, 2.45) is 0 Å². The Bertz CT molecular complexity index is 734. The molecule has 1 atom stereocenters. The highest BCUT2D eigenvalue weighted by atomic mass is 16.6. The number of nitrogens with one attached hydrogen (secondary N) is 3. The third-order valence-electron chi connectivity index (χ3n) is 5.24. The minimum Gasteiger partial charge on any atom is -0.445 e. The number of carbonyl (C=O) groups is 3. The number of carbonyl (C=O) groups excluding carboxylic acids is 3. The standard InChI is InChI=1S/C27H45N3O5/c1-5-6-7-8-9-14-19-28-24(31)23(30-26(33)35-27(2,3)4)18-13-15-20-29-25(32)34-21-22-16-11-10-12-17-22/h10-12,16-17,23H,5-9,13-15,18-21H2,1-4H3,(H,28,31)(H,29,32)(H,30,33)/t23-/m0/s1. The van der Waals surface area contributed by atoms with Crippen molar-refractivity contribution in [1.29, 1.82) is 0 Å². The number of unbranched alkanes of at least 4 members (excludes halogenated alkanes) is 6. The summed E-state index contributed by atoms with van der Waals surface area (Å²) in [4.78, 5) is 36.8. The lowest BCUT2D eigenvalue weighted by Crippen LogP contribution is -2.48. The van der Waals surface area contributed by atoms with Crippen LogP contribution in [0.2, 0.25) is 0 Å². The normalized spacial score (nSPS) is 11.9. The zero-order valence-electron chi connectivity index (χ0n) is 22.0. The van der Waals surface area contributed by atoms with Crippen LogP contribution in [-0.4, -0.2) is 42.8 Å². The Kier molecular flexibility index (Phi) is 15.2. The van der Waals surface area contributed by atoms with E-state index in [-0.39, 0.29) is 12.5 Å². The maximum absolute atomic E-state index is 12.7. The van der Waals surface area contributed by atoms with Gasteiger partial charge >= 0.3 is 12.2 Å². The molecule has 0 bridgehead atoms. The molecular weight excluding hydrogens is 446 g/mol. The Hall–Kier alpha value is -2.77. The third-order valence-corrected chi connectivity index (χ3v) is 5.24. The first-order chi connectivity index (χ1) is 16.7. The molecule has 3 amide bonds. The highest BCUT2D eigenvalue weighted by molar-refractivity contribution is 5.85. The van der Waals surface area contributed by atoms with Crippen molar-refractivity contribution < 1.29 is 23.9 Å². The Morgan fingerprint density at radius 1 is 0.829 bits per heavy atom. The Morgan fingerprint density at radius 2 is 1.46 bits per heavy atom. The van der Waals surface area contributed by atoms with E-state index in [4.69, 9.17) is 9.47 Å². The molecule has 0 radical (unpaired) electrons. The molecule has 0 aliphatic rings. The fourth-order valence-corrected chi connectivity index (χ4v) is 3.40. The van der Waals surface area contributed by atoms with Gasteiger partial charge in [0.1, 0.15) is 18.2 Å². The van der Waals surface area contributed by atoms with Gasteiger partial charge in [-0.05, 0) is 52.0 Å². The molecule has 0 aliphatic heterocycles. The molecule has 1 aromatic rings. The molecule has 0 heterocycles. The summed E-state index contributed by atoms with van der Waals surface area (Å²) in [5.74, 6) is -0.209. The van der Waals surface area contributed by atoms with Crippen LogP contribution >= 0.6 is 0 Å². The maximum Gasteiger partial charge on any atom is 0.408 e. The van der Waals surface area contributed by atoms with E-state index in [2.05, 4.69) is 22.9 Å². The SMILES string of the molecule is CCCCCCCCNC(=O)[C@H](CCCCNC(=O)OCc1ccccc1)NC(=O)OC(C)(C)C. The molecule has 1 rings (SSSR count). The van der Waals surface area contributed by atoms with Gasteiger partial charge in [0.15, 0.2) is 0 Å². The van der Waals surface area contributed by atoms with Crippen LogP contribution in [0.5, 0.6) is 0 Å². The second-order valence-corrected chi connectivity index (χ2v) is 9.74. The lowest BCUT2D eigenvalue weighted by atomic mass is 10.1.